The van der Waals surface area contributed by atoms with Crippen LogP contribution < -0.4 is 10.5 Å². The van der Waals surface area contributed by atoms with Gasteiger partial charge in [0, 0.05) is 11.8 Å². The van der Waals surface area contributed by atoms with E-state index in [0.717, 1.165) is 33.5 Å². The van der Waals surface area contributed by atoms with Crippen LogP contribution >= 0.6 is 0 Å². The number of rotatable bonds is 4. The van der Waals surface area contributed by atoms with Gasteiger partial charge < -0.3 is 15.6 Å². The number of benzene rings is 2. The van der Waals surface area contributed by atoms with Crippen LogP contribution in [0, 0.1) is 0 Å². The van der Waals surface area contributed by atoms with E-state index in [1.165, 1.54) is 0 Å². The average Bonchev–Trinajstić information content (AvgIpc) is 2.55. The van der Waals surface area contributed by atoms with Crippen molar-refractivity contribution in [2.45, 2.75) is 19.4 Å². The van der Waals surface area contributed by atoms with Crippen molar-refractivity contribution < 1.29 is 9.84 Å². The predicted molar refractivity (Wildman–Crippen MR) is 90.4 cm³/mol. The van der Waals surface area contributed by atoms with Crippen molar-refractivity contribution in [1.29, 1.82) is 0 Å². The Morgan fingerprint density at radius 1 is 1.13 bits per heavy atom. The van der Waals surface area contributed by atoms with Crippen LogP contribution in [0.1, 0.15) is 29.8 Å². The fraction of sp³-hybridized carbons (Fsp3) is 0.222. The lowest BCUT2D eigenvalue weighted by Gasteiger charge is -2.10. The molecule has 5 nitrogen and oxygen atoms in total. The Morgan fingerprint density at radius 2 is 1.87 bits per heavy atom. The number of aliphatic hydroxyl groups is 1. The van der Waals surface area contributed by atoms with Gasteiger partial charge >= 0.3 is 0 Å². The van der Waals surface area contributed by atoms with E-state index in [0.29, 0.717) is 6.42 Å². The second-order valence-electron chi connectivity index (χ2n) is 5.51. The molecule has 1 unspecified atom stereocenters. The minimum absolute atomic E-state index is 0.262. The standard InChI is InChI=1S/C18H19N3O2/c1-11(22)13-5-3-12(4-6-13)9-17-15-10-14(23-2)7-8-16(15)20-18(19)21-17/h3-8,10-11,22H,9H2,1-2H3,(H2,19,20,21). The summed E-state index contributed by atoms with van der Waals surface area (Å²) in [5, 5.41) is 10.5. The summed E-state index contributed by atoms with van der Waals surface area (Å²) in [7, 11) is 1.63. The van der Waals surface area contributed by atoms with Gasteiger partial charge in [-0.05, 0) is 36.2 Å². The van der Waals surface area contributed by atoms with E-state index < -0.39 is 6.10 Å². The van der Waals surface area contributed by atoms with Crippen molar-refractivity contribution in [3.8, 4) is 5.75 Å². The summed E-state index contributed by atoms with van der Waals surface area (Å²) in [6.07, 6.45) is 0.167. The molecule has 1 atom stereocenters. The van der Waals surface area contributed by atoms with Gasteiger partial charge in [-0.2, -0.15) is 0 Å². The fourth-order valence-electron chi connectivity index (χ4n) is 2.56. The highest BCUT2D eigenvalue weighted by Crippen LogP contribution is 2.24. The molecule has 118 valence electrons. The fourth-order valence-corrected chi connectivity index (χ4v) is 2.56. The van der Waals surface area contributed by atoms with Crippen molar-refractivity contribution in [2.24, 2.45) is 0 Å². The smallest absolute Gasteiger partial charge is 0.220 e. The zero-order valence-corrected chi connectivity index (χ0v) is 13.2. The Morgan fingerprint density at radius 3 is 2.52 bits per heavy atom. The number of hydrogen-bond donors (Lipinski definition) is 2. The molecule has 0 amide bonds. The third kappa shape index (κ3) is 3.24. The minimum Gasteiger partial charge on any atom is -0.497 e. The summed E-state index contributed by atoms with van der Waals surface area (Å²) in [6.45, 7) is 1.75. The molecule has 5 heteroatoms. The number of fused-ring (bicyclic) bond motifs is 1. The molecule has 0 aliphatic carbocycles. The second kappa shape index (κ2) is 6.22. The van der Waals surface area contributed by atoms with Gasteiger partial charge in [-0.3, -0.25) is 0 Å². The number of anilines is 1. The van der Waals surface area contributed by atoms with Gasteiger partial charge in [0.05, 0.1) is 24.4 Å². The van der Waals surface area contributed by atoms with Crippen molar-refractivity contribution in [3.63, 3.8) is 0 Å². The van der Waals surface area contributed by atoms with Crippen LogP contribution in [0.15, 0.2) is 42.5 Å². The minimum atomic E-state index is -0.469. The molecule has 0 bridgehead atoms. The van der Waals surface area contributed by atoms with Crippen molar-refractivity contribution >= 4 is 16.9 Å². The summed E-state index contributed by atoms with van der Waals surface area (Å²) < 4.78 is 5.29. The van der Waals surface area contributed by atoms with E-state index in [9.17, 15) is 5.11 Å². The number of ether oxygens (including phenoxy) is 1. The van der Waals surface area contributed by atoms with Crippen LogP contribution in [-0.4, -0.2) is 22.2 Å². The second-order valence-corrected chi connectivity index (χ2v) is 5.51. The van der Waals surface area contributed by atoms with Crippen LogP contribution in [0.4, 0.5) is 5.95 Å². The third-order valence-corrected chi connectivity index (χ3v) is 3.83. The van der Waals surface area contributed by atoms with Crippen LogP contribution in [0.2, 0.25) is 0 Å². The first-order valence-corrected chi connectivity index (χ1v) is 7.44. The Balaban J connectivity index is 2.01. The third-order valence-electron chi connectivity index (χ3n) is 3.83. The lowest BCUT2D eigenvalue weighted by Crippen LogP contribution is -2.02. The first kappa shape index (κ1) is 15.2. The van der Waals surface area contributed by atoms with Crippen LogP contribution in [0.5, 0.6) is 5.75 Å². The maximum absolute atomic E-state index is 9.59. The number of methoxy groups -OCH3 is 1. The Bertz CT molecular complexity index is 830. The molecule has 0 spiro atoms. The molecule has 3 N–H and O–H groups in total. The zero-order chi connectivity index (χ0) is 16.4. The predicted octanol–water partition coefficient (Wildman–Crippen LogP) is 2.86. The zero-order valence-electron chi connectivity index (χ0n) is 13.2. The number of nitrogens with zero attached hydrogens (tertiary/aromatic N) is 2. The Labute approximate surface area is 134 Å². The van der Waals surface area contributed by atoms with Gasteiger partial charge in [0.2, 0.25) is 5.95 Å². The lowest BCUT2D eigenvalue weighted by atomic mass is 10.0. The molecule has 1 aromatic heterocycles. The van der Waals surface area contributed by atoms with Crippen molar-refractivity contribution in [3.05, 3.63) is 59.3 Å². The molecular formula is C18H19N3O2. The summed E-state index contributed by atoms with van der Waals surface area (Å²) in [4.78, 5) is 8.66. The summed E-state index contributed by atoms with van der Waals surface area (Å²) in [5.74, 6) is 1.02. The van der Waals surface area contributed by atoms with Gasteiger partial charge in [-0.1, -0.05) is 24.3 Å². The highest BCUT2D eigenvalue weighted by molar-refractivity contribution is 5.83. The SMILES string of the molecule is COc1ccc2nc(N)nc(Cc3ccc(C(C)O)cc3)c2c1. The number of nitrogen functional groups attached to an aromatic ring is 1. The molecule has 0 saturated carbocycles. The molecule has 3 aromatic rings. The van der Waals surface area contributed by atoms with E-state index in [1.807, 2.05) is 42.5 Å². The molecule has 0 fully saturated rings. The monoisotopic (exact) mass is 309 g/mol. The molecule has 23 heavy (non-hydrogen) atoms. The van der Waals surface area contributed by atoms with Gasteiger partial charge in [0.15, 0.2) is 0 Å². The Hall–Kier alpha value is -2.66. The number of nitrogens with two attached hydrogens (primary N) is 1. The lowest BCUT2D eigenvalue weighted by molar-refractivity contribution is 0.199. The maximum Gasteiger partial charge on any atom is 0.220 e. The quantitative estimate of drug-likeness (QED) is 0.774. The molecule has 0 saturated heterocycles. The van der Waals surface area contributed by atoms with E-state index >= 15 is 0 Å². The van der Waals surface area contributed by atoms with Gasteiger partial charge in [-0.15, -0.1) is 0 Å². The molecular weight excluding hydrogens is 290 g/mol. The molecule has 2 aromatic carbocycles. The average molecular weight is 309 g/mol. The molecule has 1 heterocycles. The Kier molecular flexibility index (Phi) is 4.12. The number of hydrogen-bond acceptors (Lipinski definition) is 5. The summed E-state index contributed by atoms with van der Waals surface area (Å²) in [6, 6.07) is 13.5. The van der Waals surface area contributed by atoms with Crippen molar-refractivity contribution in [2.75, 3.05) is 12.8 Å². The van der Waals surface area contributed by atoms with Gasteiger partial charge in [-0.25, -0.2) is 9.97 Å². The van der Waals surface area contributed by atoms with E-state index in [-0.39, 0.29) is 5.95 Å². The normalized spacial score (nSPS) is 12.3. The molecule has 0 radical (unpaired) electrons. The van der Waals surface area contributed by atoms with E-state index in [1.54, 1.807) is 14.0 Å². The first-order valence-electron chi connectivity index (χ1n) is 7.44. The van der Waals surface area contributed by atoms with Gasteiger partial charge in [0.1, 0.15) is 5.75 Å². The molecule has 3 rings (SSSR count). The highest BCUT2D eigenvalue weighted by atomic mass is 16.5. The van der Waals surface area contributed by atoms with Gasteiger partial charge in [0.25, 0.3) is 0 Å². The van der Waals surface area contributed by atoms with Crippen LogP contribution in [0.3, 0.4) is 0 Å². The van der Waals surface area contributed by atoms with Crippen molar-refractivity contribution in [1.82, 2.24) is 9.97 Å². The molecule has 0 aliphatic rings. The van der Waals surface area contributed by atoms with Crippen LogP contribution in [-0.2, 0) is 6.42 Å². The summed E-state index contributed by atoms with van der Waals surface area (Å²) in [5.41, 5.74) is 9.47. The summed E-state index contributed by atoms with van der Waals surface area (Å²) >= 11 is 0. The van der Waals surface area contributed by atoms with Crippen LogP contribution in [0.25, 0.3) is 10.9 Å². The topological polar surface area (TPSA) is 81.3 Å². The number of aromatic nitrogens is 2. The van der Waals surface area contributed by atoms with E-state index in [4.69, 9.17) is 10.5 Å². The maximum atomic E-state index is 9.59. The number of aliphatic hydroxyl groups excluding tert-OH is 1. The first-order chi connectivity index (χ1) is 11.1. The van der Waals surface area contributed by atoms with E-state index in [2.05, 4.69) is 9.97 Å². The largest absolute Gasteiger partial charge is 0.497 e. The molecule has 0 aliphatic heterocycles. The highest BCUT2D eigenvalue weighted by Gasteiger charge is 2.09.